The minimum atomic E-state index is 0.187. The molecule has 0 saturated heterocycles. The minimum absolute atomic E-state index is 0.187. The summed E-state index contributed by atoms with van der Waals surface area (Å²) in [6, 6.07) is 10.0. The fourth-order valence-electron chi connectivity index (χ4n) is 2.76. The molecule has 1 aromatic carbocycles. The van der Waals surface area contributed by atoms with Gasteiger partial charge in [-0.1, -0.05) is 0 Å². The van der Waals surface area contributed by atoms with Crippen LogP contribution < -0.4 is 5.32 Å². The number of hydrogen-bond acceptors (Lipinski definition) is 4. The van der Waals surface area contributed by atoms with Crippen molar-refractivity contribution in [1.29, 1.82) is 0 Å². The van der Waals surface area contributed by atoms with E-state index in [9.17, 15) is 4.79 Å². The molecule has 0 atom stereocenters. The summed E-state index contributed by atoms with van der Waals surface area (Å²) < 4.78 is 0. The third-order valence-corrected chi connectivity index (χ3v) is 4.08. The van der Waals surface area contributed by atoms with Crippen LogP contribution in [0.2, 0.25) is 0 Å². The van der Waals surface area contributed by atoms with Crippen molar-refractivity contribution >= 4 is 11.5 Å². The molecule has 1 N–H and O–H groups in total. The number of rotatable bonds is 6. The number of likely N-dealkylation sites (N-methyl/N-ethyl adjacent to an activating group) is 1. The van der Waals surface area contributed by atoms with Crippen LogP contribution in [0.25, 0.3) is 0 Å². The Morgan fingerprint density at radius 2 is 2.09 bits per heavy atom. The first-order valence-electron chi connectivity index (χ1n) is 7.70. The van der Waals surface area contributed by atoms with Crippen LogP contribution in [0.5, 0.6) is 0 Å². The van der Waals surface area contributed by atoms with E-state index < -0.39 is 0 Å². The van der Waals surface area contributed by atoms with Crippen LogP contribution >= 0.6 is 0 Å². The van der Waals surface area contributed by atoms with Gasteiger partial charge in [0.15, 0.2) is 5.78 Å². The lowest BCUT2D eigenvalue weighted by atomic mass is 10.0. The third-order valence-electron chi connectivity index (χ3n) is 4.08. The molecule has 0 radical (unpaired) electrons. The lowest BCUT2D eigenvalue weighted by Gasteiger charge is -2.16. The maximum Gasteiger partial charge on any atom is 0.176 e. The summed E-state index contributed by atoms with van der Waals surface area (Å²) in [5.41, 5.74) is 4.49. The molecule has 0 aliphatic carbocycles. The number of nitrogens with zero attached hydrogens (tertiary/aromatic N) is 2. The Balaban J connectivity index is 1.55. The monoisotopic (exact) mass is 295 g/mol. The molecule has 4 nitrogen and oxygen atoms in total. The van der Waals surface area contributed by atoms with Gasteiger partial charge in [-0.2, -0.15) is 0 Å². The minimum Gasteiger partial charge on any atom is -0.384 e. The number of benzene rings is 1. The highest BCUT2D eigenvalue weighted by molar-refractivity contribution is 5.98. The second-order valence-electron chi connectivity index (χ2n) is 5.82. The predicted molar refractivity (Wildman–Crippen MR) is 88.4 cm³/mol. The Morgan fingerprint density at radius 1 is 1.27 bits per heavy atom. The number of aromatic nitrogens is 1. The summed E-state index contributed by atoms with van der Waals surface area (Å²) in [6.45, 7) is 2.29. The van der Waals surface area contributed by atoms with Crippen molar-refractivity contribution in [2.75, 3.05) is 32.0 Å². The van der Waals surface area contributed by atoms with Gasteiger partial charge in [-0.15, -0.1) is 0 Å². The van der Waals surface area contributed by atoms with E-state index in [1.165, 1.54) is 16.8 Å². The molecule has 0 amide bonds. The number of hydrogen-bond donors (Lipinski definition) is 1. The highest BCUT2D eigenvalue weighted by Gasteiger charge is 2.14. The predicted octanol–water partition coefficient (Wildman–Crippen LogP) is 2.41. The van der Waals surface area contributed by atoms with E-state index in [4.69, 9.17) is 0 Å². The second-order valence-corrected chi connectivity index (χ2v) is 5.82. The van der Waals surface area contributed by atoms with Gasteiger partial charge in [-0.05, 0) is 61.3 Å². The second kappa shape index (κ2) is 6.71. The van der Waals surface area contributed by atoms with E-state index in [1.54, 1.807) is 12.4 Å². The molecule has 0 saturated carbocycles. The maximum atomic E-state index is 12.4. The molecule has 1 aliphatic heterocycles. The summed E-state index contributed by atoms with van der Waals surface area (Å²) in [5.74, 6) is 0.187. The van der Waals surface area contributed by atoms with Gasteiger partial charge in [0.1, 0.15) is 0 Å². The Morgan fingerprint density at radius 3 is 2.91 bits per heavy atom. The van der Waals surface area contributed by atoms with E-state index in [1.807, 2.05) is 37.4 Å². The number of pyridine rings is 1. The number of fused-ring (bicyclic) bond motifs is 1. The molecule has 0 fully saturated rings. The van der Waals surface area contributed by atoms with Gasteiger partial charge < -0.3 is 5.32 Å². The van der Waals surface area contributed by atoms with Crippen LogP contribution in [-0.4, -0.2) is 42.3 Å². The lowest BCUT2D eigenvalue weighted by molar-refractivity contribution is 0.0947. The smallest absolute Gasteiger partial charge is 0.176 e. The van der Waals surface area contributed by atoms with E-state index in [0.717, 1.165) is 31.5 Å². The topological polar surface area (TPSA) is 45.2 Å². The van der Waals surface area contributed by atoms with E-state index in [2.05, 4.69) is 15.2 Å². The molecule has 2 aromatic rings. The number of ketones is 1. The standard InChI is InChI=1S/C18H21N3O/c1-21(11-7-14-4-8-19-9-5-14)13-18(22)16-2-3-17-15(12-16)6-10-20-17/h2-5,8-9,12,20H,6-7,10-11,13H2,1H3. The molecule has 3 rings (SSSR count). The van der Waals surface area contributed by atoms with Gasteiger partial charge in [0, 0.05) is 36.7 Å². The SMILES string of the molecule is CN(CCc1ccncc1)CC(=O)c1ccc2c(c1)CCN2. The molecule has 0 bridgehead atoms. The van der Waals surface area contributed by atoms with Gasteiger partial charge >= 0.3 is 0 Å². The highest BCUT2D eigenvalue weighted by Crippen LogP contribution is 2.23. The van der Waals surface area contributed by atoms with Crippen LogP contribution in [0, 0.1) is 0 Å². The zero-order valence-corrected chi connectivity index (χ0v) is 12.9. The Labute approximate surface area is 131 Å². The number of anilines is 1. The van der Waals surface area contributed by atoms with Crippen molar-refractivity contribution in [3.05, 3.63) is 59.4 Å². The number of nitrogens with one attached hydrogen (secondary N) is 1. The fourth-order valence-corrected chi connectivity index (χ4v) is 2.76. The van der Waals surface area contributed by atoms with Crippen molar-refractivity contribution in [2.45, 2.75) is 12.8 Å². The zero-order valence-electron chi connectivity index (χ0n) is 12.9. The average molecular weight is 295 g/mol. The summed E-state index contributed by atoms with van der Waals surface area (Å²) in [6.07, 6.45) is 5.55. The third kappa shape index (κ3) is 3.52. The molecule has 1 aromatic heterocycles. The van der Waals surface area contributed by atoms with Gasteiger partial charge in [-0.3, -0.25) is 14.7 Å². The maximum absolute atomic E-state index is 12.4. The van der Waals surface area contributed by atoms with E-state index >= 15 is 0 Å². The van der Waals surface area contributed by atoms with Gasteiger partial charge in [0.05, 0.1) is 6.54 Å². The van der Waals surface area contributed by atoms with E-state index in [0.29, 0.717) is 6.54 Å². The average Bonchev–Trinajstić information content (AvgIpc) is 3.01. The molecular weight excluding hydrogens is 274 g/mol. The lowest BCUT2D eigenvalue weighted by Crippen LogP contribution is -2.28. The molecule has 4 heteroatoms. The van der Waals surface area contributed by atoms with Gasteiger partial charge in [0.25, 0.3) is 0 Å². The summed E-state index contributed by atoms with van der Waals surface area (Å²) in [7, 11) is 1.99. The molecule has 0 spiro atoms. The van der Waals surface area contributed by atoms with Gasteiger partial charge in [0.2, 0.25) is 0 Å². The molecule has 2 heterocycles. The van der Waals surface area contributed by atoms with Crippen molar-refractivity contribution in [2.24, 2.45) is 0 Å². The summed E-state index contributed by atoms with van der Waals surface area (Å²) in [4.78, 5) is 18.5. The van der Waals surface area contributed by atoms with Crippen LogP contribution in [0.4, 0.5) is 5.69 Å². The van der Waals surface area contributed by atoms with Crippen LogP contribution in [0.1, 0.15) is 21.5 Å². The Bertz CT molecular complexity index is 655. The molecular formula is C18H21N3O. The normalized spacial score (nSPS) is 13.0. The van der Waals surface area contributed by atoms with Crippen molar-refractivity contribution in [3.63, 3.8) is 0 Å². The summed E-state index contributed by atoms with van der Waals surface area (Å²) in [5, 5.41) is 3.32. The molecule has 22 heavy (non-hydrogen) atoms. The first kappa shape index (κ1) is 14.7. The highest BCUT2D eigenvalue weighted by atomic mass is 16.1. The Hall–Kier alpha value is -2.20. The Kier molecular flexibility index (Phi) is 4.49. The number of carbonyl (C=O) groups excluding carboxylic acids is 1. The fraction of sp³-hybridized carbons (Fsp3) is 0.333. The molecule has 1 aliphatic rings. The first-order chi connectivity index (χ1) is 10.7. The largest absolute Gasteiger partial charge is 0.384 e. The van der Waals surface area contributed by atoms with Gasteiger partial charge in [-0.25, -0.2) is 0 Å². The molecule has 0 unspecified atom stereocenters. The van der Waals surface area contributed by atoms with Crippen molar-refractivity contribution in [3.8, 4) is 0 Å². The first-order valence-corrected chi connectivity index (χ1v) is 7.70. The number of carbonyl (C=O) groups is 1. The van der Waals surface area contributed by atoms with E-state index in [-0.39, 0.29) is 5.78 Å². The van der Waals surface area contributed by atoms with Crippen LogP contribution in [0.3, 0.4) is 0 Å². The van der Waals surface area contributed by atoms with Crippen LogP contribution in [0.15, 0.2) is 42.7 Å². The zero-order chi connectivity index (χ0) is 15.4. The number of Topliss-reactive ketones (excluding diaryl/α,β-unsaturated/α-hetero) is 1. The molecule has 114 valence electrons. The van der Waals surface area contributed by atoms with Crippen molar-refractivity contribution in [1.82, 2.24) is 9.88 Å². The van der Waals surface area contributed by atoms with Crippen LogP contribution in [-0.2, 0) is 12.8 Å². The summed E-state index contributed by atoms with van der Waals surface area (Å²) >= 11 is 0. The van der Waals surface area contributed by atoms with Crippen molar-refractivity contribution < 1.29 is 4.79 Å². The quantitative estimate of drug-likeness (QED) is 0.831.